The number of nitrogens with one attached hydrogen (secondary N) is 1. The second kappa shape index (κ2) is 10.1. The fourth-order valence-electron chi connectivity index (χ4n) is 3.36. The maximum atomic E-state index is 12.9. The molecule has 2 rings (SSSR count). The highest BCUT2D eigenvalue weighted by Gasteiger charge is 2.40. The first-order chi connectivity index (χ1) is 13.8. The van der Waals surface area contributed by atoms with Crippen molar-refractivity contribution in [3.8, 4) is 11.5 Å². The lowest BCUT2D eigenvalue weighted by atomic mass is 10.1. The maximum Gasteiger partial charge on any atom is 0.254 e. The first-order valence-corrected chi connectivity index (χ1v) is 9.51. The van der Waals surface area contributed by atoms with Crippen LogP contribution in [0.3, 0.4) is 0 Å². The van der Waals surface area contributed by atoms with E-state index in [2.05, 4.69) is 5.32 Å². The van der Waals surface area contributed by atoms with Gasteiger partial charge < -0.3 is 37.3 Å². The Bertz CT molecular complexity index is 757. The molecular weight excluding hydrogens is 378 g/mol. The van der Waals surface area contributed by atoms with E-state index in [4.69, 9.17) is 21.9 Å². The van der Waals surface area contributed by atoms with Crippen LogP contribution in [-0.2, 0) is 9.59 Å². The highest BCUT2D eigenvalue weighted by Crippen LogP contribution is 2.28. The number of nitrogens with zero attached hydrogens (tertiary/aromatic N) is 1. The van der Waals surface area contributed by atoms with Gasteiger partial charge in [0.25, 0.3) is 5.91 Å². The van der Waals surface area contributed by atoms with Crippen molar-refractivity contribution in [1.82, 2.24) is 10.2 Å². The molecule has 0 unspecified atom stereocenters. The van der Waals surface area contributed by atoms with E-state index in [-0.39, 0.29) is 35.9 Å². The van der Waals surface area contributed by atoms with Crippen molar-refractivity contribution in [3.63, 3.8) is 0 Å². The molecule has 29 heavy (non-hydrogen) atoms. The number of nitrogens with two attached hydrogens (primary N) is 3. The predicted octanol–water partition coefficient (Wildman–Crippen LogP) is -0.958. The van der Waals surface area contributed by atoms with Crippen LogP contribution >= 0.6 is 0 Å². The number of unbranched alkanes of at least 4 members (excludes halogenated alkanes) is 1. The van der Waals surface area contributed by atoms with Gasteiger partial charge in [-0.3, -0.25) is 14.4 Å². The summed E-state index contributed by atoms with van der Waals surface area (Å²) in [7, 11) is 1.37. The summed E-state index contributed by atoms with van der Waals surface area (Å²) in [5, 5.41) is 12.5. The number of benzene rings is 1. The highest BCUT2D eigenvalue weighted by atomic mass is 16.5. The van der Waals surface area contributed by atoms with E-state index >= 15 is 0 Å². The van der Waals surface area contributed by atoms with Crippen LogP contribution in [0.1, 0.15) is 36.0 Å². The first kappa shape index (κ1) is 22.4. The van der Waals surface area contributed by atoms with Crippen LogP contribution in [0.2, 0.25) is 0 Å². The molecular formula is C19H29N5O5. The lowest BCUT2D eigenvalue weighted by molar-refractivity contribution is -0.123. The van der Waals surface area contributed by atoms with Crippen molar-refractivity contribution in [2.75, 3.05) is 20.2 Å². The molecule has 1 aromatic carbocycles. The van der Waals surface area contributed by atoms with Crippen LogP contribution < -0.4 is 27.3 Å². The minimum atomic E-state index is -0.860. The number of phenols is 1. The maximum absolute atomic E-state index is 12.9. The van der Waals surface area contributed by atoms with Gasteiger partial charge in [-0.05, 0) is 44.0 Å². The Labute approximate surface area is 169 Å². The number of rotatable bonds is 9. The van der Waals surface area contributed by atoms with Crippen LogP contribution in [0.4, 0.5) is 0 Å². The number of hydrogen-bond acceptors (Lipinski definition) is 7. The van der Waals surface area contributed by atoms with E-state index in [1.807, 2.05) is 0 Å². The molecule has 0 aromatic heterocycles. The summed E-state index contributed by atoms with van der Waals surface area (Å²) in [5.41, 5.74) is 17.0. The van der Waals surface area contributed by atoms with Crippen LogP contribution in [-0.4, -0.2) is 66.1 Å². The number of carbonyl (C=O) groups is 3. The number of carbonyl (C=O) groups excluding carboxylic acids is 3. The number of aromatic hydroxyl groups is 1. The number of likely N-dealkylation sites (tertiary alicyclic amines) is 1. The van der Waals surface area contributed by atoms with Crippen molar-refractivity contribution in [2.24, 2.45) is 17.2 Å². The van der Waals surface area contributed by atoms with E-state index in [0.29, 0.717) is 13.0 Å². The number of phenolic OH excluding ortho intramolecular Hbond substituents is 1. The van der Waals surface area contributed by atoms with Crippen molar-refractivity contribution < 1.29 is 24.2 Å². The average Bonchev–Trinajstić information content (AvgIpc) is 3.12. The summed E-state index contributed by atoms with van der Waals surface area (Å²) in [6, 6.07) is 2.16. The molecule has 0 radical (unpaired) electrons. The summed E-state index contributed by atoms with van der Waals surface area (Å²) >= 11 is 0. The third-order valence-electron chi connectivity index (χ3n) is 4.97. The largest absolute Gasteiger partial charge is 0.504 e. The second-order valence-corrected chi connectivity index (χ2v) is 7.09. The normalized spacial score (nSPS) is 19.6. The quantitative estimate of drug-likeness (QED) is 0.328. The molecule has 0 bridgehead atoms. The molecule has 1 aliphatic heterocycles. The lowest BCUT2D eigenvalue weighted by Gasteiger charge is -2.22. The Morgan fingerprint density at radius 3 is 2.69 bits per heavy atom. The molecule has 10 heteroatoms. The molecule has 0 spiro atoms. The van der Waals surface area contributed by atoms with Gasteiger partial charge in [0, 0.05) is 18.2 Å². The summed E-state index contributed by atoms with van der Waals surface area (Å²) in [6.07, 6.45) is 2.24. The molecule has 1 fully saturated rings. The van der Waals surface area contributed by atoms with E-state index in [1.165, 1.54) is 30.2 Å². The smallest absolute Gasteiger partial charge is 0.254 e. The molecule has 1 heterocycles. The zero-order valence-corrected chi connectivity index (χ0v) is 16.5. The molecule has 10 nitrogen and oxygen atoms in total. The fourth-order valence-corrected chi connectivity index (χ4v) is 3.36. The third-order valence-corrected chi connectivity index (χ3v) is 4.97. The van der Waals surface area contributed by atoms with Gasteiger partial charge in [0.05, 0.1) is 13.2 Å². The average molecular weight is 407 g/mol. The van der Waals surface area contributed by atoms with Gasteiger partial charge in [0.15, 0.2) is 11.5 Å². The van der Waals surface area contributed by atoms with Gasteiger partial charge in [-0.15, -0.1) is 0 Å². The minimum absolute atomic E-state index is 0.106. The lowest BCUT2D eigenvalue weighted by Crippen LogP contribution is -2.46. The number of methoxy groups -OCH3 is 1. The van der Waals surface area contributed by atoms with Crippen molar-refractivity contribution in [2.45, 2.75) is 43.8 Å². The molecule has 3 atom stereocenters. The Morgan fingerprint density at radius 2 is 2.07 bits per heavy atom. The molecule has 0 aliphatic carbocycles. The Balaban J connectivity index is 2.07. The van der Waals surface area contributed by atoms with E-state index in [0.717, 1.165) is 12.8 Å². The zero-order valence-electron chi connectivity index (χ0n) is 16.5. The standard InChI is InChI=1S/C19H29N5O5/c1-29-16-8-11(5-6-15(16)25)19(28)24-10-12(9-14(24)17(22)26)23-18(27)13(21)4-2-3-7-20/h5-6,8,12-14,25H,2-4,7,9-10,20-21H2,1H3,(H2,22,26)(H,23,27)/t12-,13-,14-/m0/s1. The van der Waals surface area contributed by atoms with E-state index in [1.54, 1.807) is 0 Å². The van der Waals surface area contributed by atoms with Crippen LogP contribution in [0.25, 0.3) is 0 Å². The molecule has 1 aromatic rings. The van der Waals surface area contributed by atoms with Gasteiger partial charge in [0.2, 0.25) is 11.8 Å². The van der Waals surface area contributed by atoms with Gasteiger partial charge in [-0.2, -0.15) is 0 Å². The Morgan fingerprint density at radius 1 is 1.34 bits per heavy atom. The molecule has 160 valence electrons. The second-order valence-electron chi connectivity index (χ2n) is 7.09. The zero-order chi connectivity index (χ0) is 21.6. The number of ether oxygens (including phenoxy) is 1. The SMILES string of the molecule is COc1cc(C(=O)N2C[C@@H](NC(=O)[C@@H](N)CCCCN)C[C@H]2C(N)=O)ccc1O. The predicted molar refractivity (Wildman–Crippen MR) is 106 cm³/mol. The van der Waals surface area contributed by atoms with E-state index < -0.39 is 29.9 Å². The Kier molecular flexibility index (Phi) is 7.80. The third kappa shape index (κ3) is 5.58. The van der Waals surface area contributed by atoms with Crippen molar-refractivity contribution in [1.29, 1.82) is 0 Å². The molecule has 1 saturated heterocycles. The summed E-state index contributed by atoms with van der Waals surface area (Å²) in [4.78, 5) is 38.4. The first-order valence-electron chi connectivity index (χ1n) is 9.51. The topological polar surface area (TPSA) is 174 Å². The van der Waals surface area contributed by atoms with Gasteiger partial charge in [-0.1, -0.05) is 6.42 Å². The minimum Gasteiger partial charge on any atom is -0.504 e. The molecule has 3 amide bonds. The fraction of sp³-hybridized carbons (Fsp3) is 0.526. The van der Waals surface area contributed by atoms with Crippen molar-refractivity contribution >= 4 is 17.7 Å². The van der Waals surface area contributed by atoms with Gasteiger partial charge in [0.1, 0.15) is 6.04 Å². The number of hydrogen-bond donors (Lipinski definition) is 5. The molecule has 1 aliphatic rings. The number of primary amides is 1. The van der Waals surface area contributed by atoms with Crippen LogP contribution in [0.5, 0.6) is 11.5 Å². The summed E-state index contributed by atoms with van der Waals surface area (Å²) in [6.45, 7) is 0.660. The monoisotopic (exact) mass is 407 g/mol. The van der Waals surface area contributed by atoms with Crippen LogP contribution in [0, 0.1) is 0 Å². The van der Waals surface area contributed by atoms with Crippen LogP contribution in [0.15, 0.2) is 18.2 Å². The summed E-state index contributed by atoms with van der Waals surface area (Å²) in [5.74, 6) is -1.41. The van der Waals surface area contributed by atoms with Gasteiger partial charge >= 0.3 is 0 Å². The van der Waals surface area contributed by atoms with Crippen molar-refractivity contribution in [3.05, 3.63) is 23.8 Å². The molecule has 0 saturated carbocycles. The highest BCUT2D eigenvalue weighted by molar-refractivity contribution is 5.98. The number of amides is 3. The van der Waals surface area contributed by atoms with E-state index in [9.17, 15) is 19.5 Å². The summed E-state index contributed by atoms with van der Waals surface area (Å²) < 4.78 is 5.02. The van der Waals surface area contributed by atoms with Gasteiger partial charge in [-0.25, -0.2) is 0 Å². The molecule has 8 N–H and O–H groups in total. The Hall–Kier alpha value is -2.85.